The van der Waals surface area contributed by atoms with Crippen molar-refractivity contribution in [3.63, 3.8) is 0 Å². The molecule has 0 unspecified atom stereocenters. The molecule has 0 saturated heterocycles. The molecule has 2 rings (SSSR count). The van der Waals surface area contributed by atoms with Crippen LogP contribution < -0.4 is 10.6 Å². The molecule has 2 amide bonds. The van der Waals surface area contributed by atoms with Crippen LogP contribution in [0.1, 0.15) is 30.1 Å². The number of benzene rings is 1. The summed E-state index contributed by atoms with van der Waals surface area (Å²) in [5, 5.41) is 5.61. The van der Waals surface area contributed by atoms with E-state index >= 15 is 0 Å². The highest BCUT2D eigenvalue weighted by Crippen LogP contribution is 2.20. The molecule has 0 atom stereocenters. The van der Waals surface area contributed by atoms with Gasteiger partial charge in [-0.05, 0) is 38.0 Å². The summed E-state index contributed by atoms with van der Waals surface area (Å²) >= 11 is 0. The molecule has 0 radical (unpaired) electrons. The molecular weight excluding hydrogens is 244 g/mol. The first-order valence-electron chi connectivity index (χ1n) is 6.47. The van der Waals surface area contributed by atoms with Crippen LogP contribution in [0.4, 0.5) is 5.69 Å². The Bertz CT molecular complexity index is 470. The second-order valence-electron chi connectivity index (χ2n) is 4.51. The van der Waals surface area contributed by atoms with E-state index < -0.39 is 0 Å². The zero-order chi connectivity index (χ0) is 13.7. The van der Waals surface area contributed by atoms with Gasteiger partial charge in [-0.2, -0.15) is 0 Å². The first kappa shape index (κ1) is 13.5. The van der Waals surface area contributed by atoms with Crippen LogP contribution >= 0.6 is 0 Å². The van der Waals surface area contributed by atoms with E-state index in [0.29, 0.717) is 23.9 Å². The minimum absolute atomic E-state index is 0.0228. The van der Waals surface area contributed by atoms with Crippen molar-refractivity contribution in [2.75, 3.05) is 18.5 Å². The van der Waals surface area contributed by atoms with Gasteiger partial charge >= 0.3 is 0 Å². The van der Waals surface area contributed by atoms with E-state index in [-0.39, 0.29) is 18.4 Å². The molecule has 1 aromatic carbocycles. The highest BCUT2D eigenvalue weighted by atomic mass is 16.5. The van der Waals surface area contributed by atoms with E-state index in [1.54, 1.807) is 24.3 Å². The molecule has 1 aliphatic rings. The van der Waals surface area contributed by atoms with E-state index in [4.69, 9.17) is 4.74 Å². The predicted octanol–water partition coefficient (Wildman–Crippen LogP) is 1.55. The third-order valence-corrected chi connectivity index (χ3v) is 2.76. The molecule has 2 N–H and O–H groups in total. The Balaban J connectivity index is 1.93. The van der Waals surface area contributed by atoms with Crippen LogP contribution in [-0.4, -0.2) is 31.1 Å². The van der Waals surface area contributed by atoms with Gasteiger partial charge in [-0.1, -0.05) is 6.07 Å². The van der Waals surface area contributed by atoms with Crippen LogP contribution in [0.25, 0.3) is 0 Å². The fourth-order valence-electron chi connectivity index (χ4n) is 1.63. The van der Waals surface area contributed by atoms with Gasteiger partial charge in [0.15, 0.2) is 0 Å². The number of amides is 2. The molecule has 1 saturated carbocycles. The van der Waals surface area contributed by atoms with Crippen LogP contribution in [-0.2, 0) is 9.53 Å². The van der Waals surface area contributed by atoms with Gasteiger partial charge in [0.25, 0.3) is 5.91 Å². The Hall–Kier alpha value is -1.88. The lowest BCUT2D eigenvalue weighted by Crippen LogP contribution is -2.25. The number of hydrogen-bond donors (Lipinski definition) is 2. The molecule has 0 spiro atoms. The van der Waals surface area contributed by atoms with Crippen LogP contribution in [0.5, 0.6) is 0 Å². The van der Waals surface area contributed by atoms with Crippen molar-refractivity contribution in [1.29, 1.82) is 0 Å². The van der Waals surface area contributed by atoms with Gasteiger partial charge in [0, 0.05) is 23.9 Å². The standard InChI is InChI=1S/C14H18N2O3/c1-2-19-9-13(17)15-12-5-3-4-10(8-12)14(18)16-11-6-7-11/h3-5,8,11H,2,6-7,9H2,1H3,(H,15,17)(H,16,18). The van der Waals surface area contributed by atoms with Crippen LogP contribution in [0, 0.1) is 0 Å². The Kier molecular flexibility index (Phi) is 4.52. The van der Waals surface area contributed by atoms with Gasteiger partial charge in [0.05, 0.1) is 0 Å². The van der Waals surface area contributed by atoms with Crippen LogP contribution in [0.3, 0.4) is 0 Å². The SMILES string of the molecule is CCOCC(=O)Nc1cccc(C(=O)NC2CC2)c1. The molecule has 19 heavy (non-hydrogen) atoms. The Labute approximate surface area is 112 Å². The third kappa shape index (κ3) is 4.37. The Morgan fingerprint density at radius 2 is 2.16 bits per heavy atom. The van der Waals surface area contributed by atoms with Crippen molar-refractivity contribution in [2.24, 2.45) is 0 Å². The van der Waals surface area contributed by atoms with Gasteiger partial charge < -0.3 is 15.4 Å². The maximum Gasteiger partial charge on any atom is 0.251 e. The predicted molar refractivity (Wildman–Crippen MR) is 72.1 cm³/mol. The number of hydrogen-bond acceptors (Lipinski definition) is 3. The van der Waals surface area contributed by atoms with E-state index in [1.807, 2.05) is 6.92 Å². The summed E-state index contributed by atoms with van der Waals surface area (Å²) in [5.41, 5.74) is 1.16. The topological polar surface area (TPSA) is 67.4 Å². The quantitative estimate of drug-likeness (QED) is 0.817. The molecule has 0 heterocycles. The molecule has 0 aliphatic heterocycles. The van der Waals surface area contributed by atoms with Gasteiger partial charge in [-0.25, -0.2) is 0 Å². The smallest absolute Gasteiger partial charge is 0.251 e. The van der Waals surface area contributed by atoms with Crippen LogP contribution in [0.2, 0.25) is 0 Å². The molecule has 102 valence electrons. The summed E-state index contributed by atoms with van der Waals surface area (Å²) in [6, 6.07) is 7.22. The summed E-state index contributed by atoms with van der Waals surface area (Å²) in [4.78, 5) is 23.4. The number of ether oxygens (including phenoxy) is 1. The fourth-order valence-corrected chi connectivity index (χ4v) is 1.63. The normalized spacial score (nSPS) is 13.9. The van der Waals surface area contributed by atoms with Crippen molar-refractivity contribution in [3.8, 4) is 0 Å². The van der Waals surface area contributed by atoms with Gasteiger partial charge in [-0.15, -0.1) is 0 Å². The van der Waals surface area contributed by atoms with E-state index in [1.165, 1.54) is 0 Å². The van der Waals surface area contributed by atoms with E-state index in [0.717, 1.165) is 12.8 Å². The van der Waals surface area contributed by atoms with Gasteiger partial charge in [0.1, 0.15) is 6.61 Å². The van der Waals surface area contributed by atoms with Crippen molar-refractivity contribution in [3.05, 3.63) is 29.8 Å². The molecule has 1 aromatic rings. The summed E-state index contributed by atoms with van der Waals surface area (Å²) in [6.07, 6.45) is 2.10. The lowest BCUT2D eigenvalue weighted by atomic mass is 10.2. The summed E-state index contributed by atoms with van der Waals surface area (Å²) in [6.45, 7) is 2.35. The summed E-state index contributed by atoms with van der Waals surface area (Å²) in [5.74, 6) is -0.315. The number of rotatable bonds is 6. The maximum absolute atomic E-state index is 11.9. The fraction of sp³-hybridized carbons (Fsp3) is 0.429. The number of carbonyl (C=O) groups is 2. The molecule has 0 bridgehead atoms. The lowest BCUT2D eigenvalue weighted by molar-refractivity contribution is -0.120. The molecule has 1 aliphatic carbocycles. The molecule has 5 heteroatoms. The number of carbonyl (C=O) groups excluding carboxylic acids is 2. The second kappa shape index (κ2) is 6.33. The van der Waals surface area contributed by atoms with Gasteiger partial charge in [0.2, 0.25) is 5.91 Å². The molecule has 0 aromatic heterocycles. The zero-order valence-corrected chi connectivity index (χ0v) is 10.9. The minimum atomic E-state index is -0.221. The third-order valence-electron chi connectivity index (χ3n) is 2.76. The second-order valence-corrected chi connectivity index (χ2v) is 4.51. The Morgan fingerprint density at radius 3 is 2.84 bits per heavy atom. The van der Waals surface area contributed by atoms with Crippen molar-refractivity contribution in [1.82, 2.24) is 5.32 Å². The summed E-state index contributed by atoms with van der Waals surface area (Å²) in [7, 11) is 0. The van der Waals surface area contributed by atoms with Crippen molar-refractivity contribution < 1.29 is 14.3 Å². The van der Waals surface area contributed by atoms with E-state index in [9.17, 15) is 9.59 Å². The first-order valence-corrected chi connectivity index (χ1v) is 6.47. The molecular formula is C14H18N2O3. The largest absolute Gasteiger partial charge is 0.372 e. The lowest BCUT2D eigenvalue weighted by Gasteiger charge is -2.08. The Morgan fingerprint density at radius 1 is 1.37 bits per heavy atom. The maximum atomic E-state index is 11.9. The number of nitrogens with one attached hydrogen (secondary N) is 2. The first-order chi connectivity index (χ1) is 9.19. The minimum Gasteiger partial charge on any atom is -0.372 e. The monoisotopic (exact) mass is 262 g/mol. The average Bonchev–Trinajstić information content (AvgIpc) is 3.20. The van der Waals surface area contributed by atoms with Crippen molar-refractivity contribution in [2.45, 2.75) is 25.8 Å². The molecule has 1 fully saturated rings. The zero-order valence-electron chi connectivity index (χ0n) is 10.9. The average molecular weight is 262 g/mol. The van der Waals surface area contributed by atoms with E-state index in [2.05, 4.69) is 10.6 Å². The summed E-state index contributed by atoms with van der Waals surface area (Å²) < 4.78 is 5.01. The van der Waals surface area contributed by atoms with Crippen LogP contribution in [0.15, 0.2) is 24.3 Å². The van der Waals surface area contributed by atoms with Gasteiger partial charge in [-0.3, -0.25) is 9.59 Å². The highest BCUT2D eigenvalue weighted by Gasteiger charge is 2.23. The number of anilines is 1. The highest BCUT2D eigenvalue weighted by molar-refractivity contribution is 5.97. The van der Waals surface area contributed by atoms with Crippen molar-refractivity contribution >= 4 is 17.5 Å². The molecule has 5 nitrogen and oxygen atoms in total.